The van der Waals surface area contributed by atoms with Crippen LogP contribution in [0.1, 0.15) is 25.7 Å². The molecule has 2 amide bonds. The van der Waals surface area contributed by atoms with Crippen LogP contribution >= 0.6 is 0 Å². The number of carbonyl (C=O) groups is 4. The van der Waals surface area contributed by atoms with Gasteiger partial charge in [0.15, 0.2) is 0 Å². The number of benzene rings is 2. The summed E-state index contributed by atoms with van der Waals surface area (Å²) in [5, 5.41) is 5.41. The van der Waals surface area contributed by atoms with Crippen molar-refractivity contribution in [2.75, 3.05) is 23.7 Å². The summed E-state index contributed by atoms with van der Waals surface area (Å²) in [5.41, 5.74) is 0.845. The zero-order chi connectivity index (χ0) is 32.8. The molecule has 2 atom stereocenters. The van der Waals surface area contributed by atoms with E-state index in [2.05, 4.69) is 10.6 Å². The van der Waals surface area contributed by atoms with E-state index in [1.54, 1.807) is 48.5 Å². The first kappa shape index (κ1) is 33.1. The Morgan fingerprint density at radius 3 is 1.33 bits per heavy atom. The van der Waals surface area contributed by atoms with Gasteiger partial charge in [-0.15, -0.1) is 0 Å². The summed E-state index contributed by atoms with van der Waals surface area (Å²) in [7, 11) is 0. The van der Waals surface area contributed by atoms with Gasteiger partial charge in [-0.05, 0) is 74.2 Å². The second-order valence-electron chi connectivity index (χ2n) is 10.3. The summed E-state index contributed by atoms with van der Waals surface area (Å²) in [4.78, 5) is 50.5. The molecule has 2 unspecified atom stereocenters. The molecule has 240 valence electrons. The van der Waals surface area contributed by atoms with Gasteiger partial charge in [-0.3, -0.25) is 19.2 Å². The highest BCUT2D eigenvalue weighted by Crippen LogP contribution is 2.27. The number of rotatable bonds is 10. The number of hydrogen-bond acceptors (Lipinski definition) is 7. The fourth-order valence-corrected chi connectivity index (χ4v) is 4.81. The SMILES string of the molecule is O=C(Nc1ccc(Oc2ccc(NC(=O)C3CCCN3C=CC(=O)C(F)(F)F)cc2)cc1)C1CCCN1C=CC(=O)C(F)(F)F. The molecule has 45 heavy (non-hydrogen) atoms. The molecule has 2 aromatic carbocycles. The van der Waals surface area contributed by atoms with Crippen molar-refractivity contribution in [2.45, 2.75) is 50.1 Å². The lowest BCUT2D eigenvalue weighted by molar-refractivity contribution is -0.165. The van der Waals surface area contributed by atoms with Crippen LogP contribution in [0, 0.1) is 0 Å². The first-order valence-electron chi connectivity index (χ1n) is 13.8. The van der Waals surface area contributed by atoms with Gasteiger partial charge in [-0.1, -0.05) is 0 Å². The standard InChI is InChI=1S/C30H28F6N4O5/c31-29(32,33)25(41)13-17-39-15-1-3-23(39)27(43)37-19-5-9-21(10-6-19)45-22-11-7-20(8-12-22)38-28(44)24-4-2-16-40(24)18-14-26(42)30(34,35)36/h5-14,17-18,23-24H,1-4,15-16H2,(H,37,43)(H,38,44). The number of halogens is 6. The second kappa shape index (κ2) is 13.9. The number of nitrogens with zero attached hydrogens (tertiary/aromatic N) is 2. The van der Waals surface area contributed by atoms with E-state index in [1.807, 2.05) is 0 Å². The molecule has 2 aromatic rings. The summed E-state index contributed by atoms with van der Waals surface area (Å²) in [6, 6.07) is 11.2. The number of amides is 2. The fourth-order valence-electron chi connectivity index (χ4n) is 4.81. The smallest absolute Gasteiger partial charge is 0.454 e. The van der Waals surface area contributed by atoms with E-state index in [4.69, 9.17) is 4.74 Å². The van der Waals surface area contributed by atoms with Crippen LogP contribution in [0.3, 0.4) is 0 Å². The molecule has 2 N–H and O–H groups in total. The number of carbonyl (C=O) groups excluding carboxylic acids is 4. The minimum atomic E-state index is -4.98. The first-order valence-corrected chi connectivity index (χ1v) is 13.8. The van der Waals surface area contributed by atoms with Gasteiger partial charge in [0.25, 0.3) is 11.6 Å². The highest BCUT2D eigenvalue weighted by atomic mass is 19.4. The molecule has 0 bridgehead atoms. The number of anilines is 2. The summed E-state index contributed by atoms with van der Waals surface area (Å²) in [5.74, 6) is -4.04. The van der Waals surface area contributed by atoms with Crippen molar-refractivity contribution < 1.29 is 50.3 Å². The van der Waals surface area contributed by atoms with Gasteiger partial charge in [0, 0.05) is 49.0 Å². The number of likely N-dealkylation sites (tertiary alicyclic amines) is 2. The normalized spacial score (nSPS) is 18.9. The lowest BCUT2D eigenvalue weighted by atomic mass is 10.2. The van der Waals surface area contributed by atoms with E-state index >= 15 is 0 Å². The zero-order valence-electron chi connectivity index (χ0n) is 23.5. The number of allylic oxidation sites excluding steroid dienone is 2. The van der Waals surface area contributed by atoms with Gasteiger partial charge in [-0.2, -0.15) is 26.3 Å². The molecule has 15 heteroatoms. The number of alkyl halides is 6. The molecule has 0 radical (unpaired) electrons. The largest absolute Gasteiger partial charge is 0.457 e. The predicted octanol–water partition coefficient (Wildman–Crippen LogP) is 5.57. The highest BCUT2D eigenvalue weighted by molar-refractivity contribution is 5.97. The van der Waals surface area contributed by atoms with Crippen molar-refractivity contribution in [1.82, 2.24) is 9.80 Å². The van der Waals surface area contributed by atoms with Crippen molar-refractivity contribution in [3.8, 4) is 11.5 Å². The molecule has 2 fully saturated rings. The molecule has 0 aliphatic carbocycles. The summed E-state index contributed by atoms with van der Waals surface area (Å²) < 4.78 is 80.6. The number of nitrogens with one attached hydrogen (secondary N) is 2. The molecule has 2 aliphatic heterocycles. The predicted molar refractivity (Wildman–Crippen MR) is 150 cm³/mol. The number of hydrogen-bond donors (Lipinski definition) is 2. The van der Waals surface area contributed by atoms with Crippen LogP contribution in [0.15, 0.2) is 73.1 Å². The Hall–Kier alpha value is -4.82. The Balaban J connectivity index is 1.28. The minimum Gasteiger partial charge on any atom is -0.457 e. The van der Waals surface area contributed by atoms with Crippen LogP contribution in [0.4, 0.5) is 37.7 Å². The summed E-state index contributed by atoms with van der Waals surface area (Å²) in [6.07, 6.45) is -5.19. The van der Waals surface area contributed by atoms with Gasteiger partial charge >= 0.3 is 12.4 Å². The summed E-state index contributed by atoms with van der Waals surface area (Å²) >= 11 is 0. The molecule has 4 rings (SSSR count). The molecule has 0 saturated carbocycles. The van der Waals surface area contributed by atoms with Crippen molar-refractivity contribution in [1.29, 1.82) is 0 Å². The highest BCUT2D eigenvalue weighted by Gasteiger charge is 2.38. The van der Waals surface area contributed by atoms with Gasteiger partial charge in [0.2, 0.25) is 11.8 Å². The monoisotopic (exact) mass is 638 g/mol. The molecule has 0 spiro atoms. The maximum atomic E-state index is 12.7. The quantitative estimate of drug-likeness (QED) is 0.259. The number of ketones is 2. The van der Waals surface area contributed by atoms with Crippen molar-refractivity contribution >= 4 is 34.8 Å². The topological polar surface area (TPSA) is 108 Å². The molecule has 2 aliphatic rings. The maximum Gasteiger partial charge on any atom is 0.454 e. The van der Waals surface area contributed by atoms with Gasteiger partial charge in [-0.25, -0.2) is 0 Å². The third-order valence-corrected chi connectivity index (χ3v) is 7.07. The fraction of sp³-hybridized carbons (Fsp3) is 0.333. The van der Waals surface area contributed by atoms with E-state index in [0.29, 0.717) is 73.8 Å². The Morgan fingerprint density at radius 1 is 0.644 bits per heavy atom. The first-order chi connectivity index (χ1) is 21.2. The third kappa shape index (κ3) is 9.09. The Morgan fingerprint density at radius 2 is 1.00 bits per heavy atom. The van der Waals surface area contributed by atoms with Gasteiger partial charge < -0.3 is 25.2 Å². The average molecular weight is 639 g/mol. The Kier molecular flexibility index (Phi) is 10.2. The second-order valence-corrected chi connectivity index (χ2v) is 10.3. The van der Waals surface area contributed by atoms with E-state index < -0.39 is 47.8 Å². The Labute approximate surface area is 253 Å². The Bertz CT molecular complexity index is 1350. The molecular formula is C30H28F6N4O5. The van der Waals surface area contributed by atoms with Crippen LogP contribution < -0.4 is 15.4 Å². The third-order valence-electron chi connectivity index (χ3n) is 7.07. The summed E-state index contributed by atoms with van der Waals surface area (Å²) in [6.45, 7) is 0.664. The lowest BCUT2D eigenvalue weighted by Gasteiger charge is -2.22. The average Bonchev–Trinajstić information content (AvgIpc) is 3.65. The van der Waals surface area contributed by atoms with E-state index in [1.165, 1.54) is 9.80 Å². The van der Waals surface area contributed by atoms with Crippen LogP contribution in [0.2, 0.25) is 0 Å². The van der Waals surface area contributed by atoms with Crippen molar-refractivity contribution in [2.24, 2.45) is 0 Å². The van der Waals surface area contributed by atoms with Crippen molar-refractivity contribution in [3.63, 3.8) is 0 Å². The minimum absolute atomic E-state index is 0.332. The van der Waals surface area contributed by atoms with Crippen LogP contribution in [-0.4, -0.2) is 70.7 Å². The molecule has 0 aromatic heterocycles. The van der Waals surface area contributed by atoms with Crippen LogP contribution in [-0.2, 0) is 19.2 Å². The van der Waals surface area contributed by atoms with E-state index in [-0.39, 0.29) is 0 Å². The van der Waals surface area contributed by atoms with E-state index in [0.717, 1.165) is 12.4 Å². The molecule has 2 heterocycles. The lowest BCUT2D eigenvalue weighted by Crippen LogP contribution is -2.36. The zero-order valence-corrected chi connectivity index (χ0v) is 23.5. The molecule has 2 saturated heterocycles. The molecular weight excluding hydrogens is 610 g/mol. The van der Waals surface area contributed by atoms with Gasteiger partial charge in [0.05, 0.1) is 0 Å². The maximum absolute atomic E-state index is 12.7. The van der Waals surface area contributed by atoms with Crippen molar-refractivity contribution in [3.05, 3.63) is 73.1 Å². The van der Waals surface area contributed by atoms with Gasteiger partial charge in [0.1, 0.15) is 23.6 Å². The van der Waals surface area contributed by atoms with E-state index in [9.17, 15) is 45.5 Å². The molecule has 9 nitrogen and oxygen atoms in total. The van der Waals surface area contributed by atoms with Crippen LogP contribution in [0.25, 0.3) is 0 Å². The van der Waals surface area contributed by atoms with Crippen LogP contribution in [0.5, 0.6) is 11.5 Å². The number of ether oxygens (including phenoxy) is 1.